The van der Waals surface area contributed by atoms with Crippen LogP contribution in [-0.2, 0) is 25.6 Å². The van der Waals surface area contributed by atoms with Crippen LogP contribution in [0.4, 0.5) is 0 Å². The maximum Gasteiger partial charge on any atom is 0.278 e. The summed E-state index contributed by atoms with van der Waals surface area (Å²) < 4.78 is 16.0. The number of carbonyl (C=O) groups is 2. The van der Waals surface area contributed by atoms with Gasteiger partial charge in [0.1, 0.15) is 11.4 Å². The van der Waals surface area contributed by atoms with Crippen molar-refractivity contribution in [1.82, 2.24) is 9.80 Å². The van der Waals surface area contributed by atoms with Gasteiger partial charge in [0.2, 0.25) is 0 Å². The van der Waals surface area contributed by atoms with E-state index in [1.54, 1.807) is 33.5 Å². The number of benzene rings is 2. The highest BCUT2D eigenvalue weighted by atomic mass is 16.5. The first-order valence-corrected chi connectivity index (χ1v) is 10.1. The third kappa shape index (κ3) is 4.95. The van der Waals surface area contributed by atoms with Crippen LogP contribution in [0.1, 0.15) is 11.1 Å². The van der Waals surface area contributed by atoms with Crippen molar-refractivity contribution in [2.24, 2.45) is 0 Å². The normalized spacial score (nSPS) is 13.8. The molecule has 3 rings (SSSR count). The molecule has 1 heterocycles. The molecule has 0 fully saturated rings. The molecular weight excluding hydrogens is 396 g/mol. The molecule has 7 heteroatoms. The lowest BCUT2D eigenvalue weighted by atomic mass is 10.0. The zero-order valence-corrected chi connectivity index (χ0v) is 18.2. The average Bonchev–Trinajstić information content (AvgIpc) is 3.04. The number of carbonyl (C=O) groups excluding carboxylic acids is 2. The summed E-state index contributed by atoms with van der Waals surface area (Å²) in [4.78, 5) is 30.3. The zero-order chi connectivity index (χ0) is 22.2. The lowest BCUT2D eigenvalue weighted by Crippen LogP contribution is -2.37. The number of amides is 2. The highest BCUT2D eigenvalue weighted by Gasteiger charge is 2.42. The van der Waals surface area contributed by atoms with Gasteiger partial charge in [0.25, 0.3) is 11.8 Å². The van der Waals surface area contributed by atoms with Gasteiger partial charge in [0.05, 0.1) is 32.4 Å². The lowest BCUT2D eigenvalue weighted by molar-refractivity contribution is -0.138. The smallest absolute Gasteiger partial charge is 0.278 e. The van der Waals surface area contributed by atoms with Crippen molar-refractivity contribution in [2.75, 3.05) is 47.6 Å². The summed E-state index contributed by atoms with van der Waals surface area (Å²) in [5.41, 5.74) is 2.16. The van der Waals surface area contributed by atoms with E-state index in [9.17, 15) is 9.59 Å². The van der Waals surface area contributed by atoms with Crippen LogP contribution < -0.4 is 4.74 Å². The van der Waals surface area contributed by atoms with Crippen molar-refractivity contribution in [3.63, 3.8) is 0 Å². The molecule has 0 aromatic heterocycles. The van der Waals surface area contributed by atoms with E-state index < -0.39 is 0 Å². The van der Waals surface area contributed by atoms with Crippen molar-refractivity contribution < 1.29 is 23.8 Å². The van der Waals surface area contributed by atoms with Crippen molar-refractivity contribution in [3.8, 4) is 5.75 Å². The van der Waals surface area contributed by atoms with E-state index >= 15 is 0 Å². The van der Waals surface area contributed by atoms with Crippen molar-refractivity contribution >= 4 is 17.4 Å². The van der Waals surface area contributed by atoms with Crippen LogP contribution in [0.3, 0.4) is 0 Å². The van der Waals surface area contributed by atoms with E-state index in [-0.39, 0.29) is 18.4 Å². The largest absolute Gasteiger partial charge is 0.496 e. The second-order valence-electron chi connectivity index (χ2n) is 7.08. The maximum absolute atomic E-state index is 13.6. The Morgan fingerprint density at radius 3 is 2.03 bits per heavy atom. The second kappa shape index (κ2) is 10.7. The minimum Gasteiger partial charge on any atom is -0.496 e. The minimum absolute atomic E-state index is 0.197. The van der Waals surface area contributed by atoms with E-state index in [4.69, 9.17) is 14.2 Å². The fourth-order valence-corrected chi connectivity index (χ4v) is 3.60. The number of rotatable bonds is 11. The van der Waals surface area contributed by atoms with Crippen LogP contribution >= 0.6 is 0 Å². The van der Waals surface area contributed by atoms with Crippen molar-refractivity contribution in [1.29, 1.82) is 0 Å². The predicted octanol–water partition coefficient (Wildman–Crippen LogP) is 2.57. The molecule has 1 aliphatic rings. The second-order valence-corrected chi connectivity index (χ2v) is 7.08. The molecule has 2 amide bonds. The van der Waals surface area contributed by atoms with Crippen molar-refractivity contribution in [3.05, 3.63) is 71.4 Å². The van der Waals surface area contributed by atoms with Crippen LogP contribution in [0, 0.1) is 0 Å². The van der Waals surface area contributed by atoms with Gasteiger partial charge in [-0.05, 0) is 11.6 Å². The Morgan fingerprint density at radius 1 is 0.806 bits per heavy atom. The molecule has 0 bridgehead atoms. The van der Waals surface area contributed by atoms with Crippen LogP contribution in [0.2, 0.25) is 0 Å². The molecular formula is C24H28N2O5. The number of nitrogens with zero attached hydrogens (tertiary/aromatic N) is 2. The molecule has 0 saturated heterocycles. The number of methoxy groups -OCH3 is 3. The molecule has 1 aliphatic heterocycles. The molecule has 0 N–H and O–H groups in total. The molecule has 31 heavy (non-hydrogen) atoms. The number of imide groups is 1. The van der Waals surface area contributed by atoms with Crippen LogP contribution in [-0.4, -0.2) is 69.2 Å². The quantitative estimate of drug-likeness (QED) is 0.517. The fourth-order valence-electron chi connectivity index (χ4n) is 3.60. The number of hydrogen-bond acceptors (Lipinski definition) is 6. The monoisotopic (exact) mass is 424 g/mol. The summed E-state index contributed by atoms with van der Waals surface area (Å²) in [6.45, 7) is 1.92. The highest BCUT2D eigenvalue weighted by Crippen LogP contribution is 2.36. The Kier molecular flexibility index (Phi) is 7.81. The first-order chi connectivity index (χ1) is 15.1. The molecule has 0 aliphatic carbocycles. The van der Waals surface area contributed by atoms with E-state index in [0.29, 0.717) is 48.9 Å². The fraction of sp³-hybridized carbons (Fsp3) is 0.333. The molecule has 164 valence electrons. The topological polar surface area (TPSA) is 68.3 Å². The molecule has 7 nitrogen and oxygen atoms in total. The van der Waals surface area contributed by atoms with E-state index in [0.717, 1.165) is 5.56 Å². The number of ether oxygens (including phenoxy) is 3. The van der Waals surface area contributed by atoms with E-state index in [2.05, 4.69) is 0 Å². The molecule has 0 saturated carbocycles. The van der Waals surface area contributed by atoms with E-state index in [1.165, 1.54) is 4.90 Å². The number of para-hydroxylation sites is 1. The van der Waals surface area contributed by atoms with Gasteiger partial charge in [-0.25, -0.2) is 0 Å². The third-order valence-corrected chi connectivity index (χ3v) is 5.15. The van der Waals surface area contributed by atoms with Crippen LogP contribution in [0.25, 0.3) is 5.57 Å². The standard InChI is InChI=1S/C24H28N2O5/c1-29-15-13-25(14-16-30-2)22-21(19-11-7-8-12-20(19)31-3)23(27)26(24(22)28)17-18-9-5-4-6-10-18/h4-12H,13-17H2,1-3H3. The summed E-state index contributed by atoms with van der Waals surface area (Å²) in [6.07, 6.45) is 0. The van der Waals surface area contributed by atoms with Gasteiger partial charge in [-0.2, -0.15) is 0 Å². The summed E-state index contributed by atoms with van der Waals surface area (Å²) in [5, 5.41) is 0. The molecule has 2 aromatic rings. The summed E-state index contributed by atoms with van der Waals surface area (Å²) in [7, 11) is 4.76. The van der Waals surface area contributed by atoms with Gasteiger partial charge in [-0.15, -0.1) is 0 Å². The zero-order valence-electron chi connectivity index (χ0n) is 18.2. The van der Waals surface area contributed by atoms with Crippen molar-refractivity contribution in [2.45, 2.75) is 6.54 Å². The SMILES string of the molecule is COCCN(CCOC)C1=C(c2ccccc2OC)C(=O)N(Cc2ccccc2)C1=O. The molecule has 0 radical (unpaired) electrons. The first-order valence-electron chi connectivity index (χ1n) is 10.1. The van der Waals surface area contributed by atoms with Crippen LogP contribution in [0.5, 0.6) is 5.75 Å². The Balaban J connectivity index is 2.08. The Hall–Kier alpha value is -3.16. The summed E-state index contributed by atoms with van der Waals surface area (Å²) in [5.74, 6) is -0.133. The Labute approximate surface area is 182 Å². The van der Waals surface area contributed by atoms with Gasteiger partial charge in [0.15, 0.2) is 0 Å². The van der Waals surface area contributed by atoms with Gasteiger partial charge < -0.3 is 19.1 Å². The molecule has 0 unspecified atom stereocenters. The number of hydrogen-bond donors (Lipinski definition) is 0. The Morgan fingerprint density at radius 2 is 1.42 bits per heavy atom. The first kappa shape index (κ1) is 22.5. The molecule has 2 aromatic carbocycles. The summed E-state index contributed by atoms with van der Waals surface area (Å²) in [6, 6.07) is 16.7. The van der Waals surface area contributed by atoms with Gasteiger partial charge in [-0.3, -0.25) is 14.5 Å². The Bertz CT molecular complexity index is 934. The average molecular weight is 424 g/mol. The molecule has 0 spiro atoms. The lowest BCUT2D eigenvalue weighted by Gasteiger charge is -2.25. The van der Waals surface area contributed by atoms with Gasteiger partial charge >= 0.3 is 0 Å². The van der Waals surface area contributed by atoms with Crippen LogP contribution in [0.15, 0.2) is 60.3 Å². The predicted molar refractivity (Wildman–Crippen MR) is 117 cm³/mol. The van der Waals surface area contributed by atoms with Gasteiger partial charge in [-0.1, -0.05) is 48.5 Å². The minimum atomic E-state index is -0.340. The third-order valence-electron chi connectivity index (χ3n) is 5.15. The molecule has 0 atom stereocenters. The van der Waals surface area contributed by atoms with E-state index in [1.807, 2.05) is 47.4 Å². The maximum atomic E-state index is 13.6. The highest BCUT2D eigenvalue weighted by molar-refractivity contribution is 6.35. The summed E-state index contributed by atoms with van der Waals surface area (Å²) >= 11 is 0. The van der Waals surface area contributed by atoms with Gasteiger partial charge in [0, 0.05) is 32.9 Å².